The van der Waals surface area contributed by atoms with Gasteiger partial charge in [0.05, 0.1) is 12.3 Å². The lowest BCUT2D eigenvalue weighted by molar-refractivity contribution is 0.102. The lowest BCUT2D eigenvalue weighted by Crippen LogP contribution is -2.14. The molecule has 3 rings (SSSR count). The van der Waals surface area contributed by atoms with Gasteiger partial charge >= 0.3 is 0 Å². The largest absolute Gasteiger partial charge is 0.492 e. The summed E-state index contributed by atoms with van der Waals surface area (Å²) in [5.41, 5.74) is 3.16. The zero-order chi connectivity index (χ0) is 15.5. The van der Waals surface area contributed by atoms with Gasteiger partial charge in [0.25, 0.3) is 5.91 Å². The Labute approximate surface area is 129 Å². The second-order valence-electron chi connectivity index (χ2n) is 5.05. The Bertz CT molecular complexity index is 821. The molecule has 0 saturated heterocycles. The number of benzene rings is 2. The molecule has 112 valence electrons. The smallest absolute Gasteiger partial charge is 0.272 e. The van der Waals surface area contributed by atoms with Crippen molar-refractivity contribution in [2.24, 2.45) is 0 Å². The average Bonchev–Trinajstić information content (AvgIpc) is 2.87. The maximum absolute atomic E-state index is 12.6. The van der Waals surface area contributed by atoms with Gasteiger partial charge in [-0.25, -0.2) is 0 Å². The van der Waals surface area contributed by atoms with Crippen LogP contribution in [0.5, 0.6) is 5.75 Å². The summed E-state index contributed by atoms with van der Waals surface area (Å²) in [7, 11) is 0. The molecule has 1 amide bonds. The van der Waals surface area contributed by atoms with Crippen LogP contribution in [-0.2, 0) is 0 Å². The third-order valence-corrected chi connectivity index (χ3v) is 3.63. The minimum Gasteiger partial charge on any atom is -0.492 e. The van der Waals surface area contributed by atoms with Crippen molar-refractivity contribution in [1.29, 1.82) is 0 Å². The maximum atomic E-state index is 12.6. The molecular weight excluding hydrogens is 276 g/mol. The highest BCUT2D eigenvalue weighted by Crippen LogP contribution is 2.26. The number of carbonyl (C=O) groups excluding carboxylic acids is 1. The quantitative estimate of drug-likeness (QED) is 0.760. The van der Waals surface area contributed by atoms with E-state index < -0.39 is 0 Å². The van der Waals surface area contributed by atoms with E-state index in [9.17, 15) is 4.79 Å². The predicted octanol–water partition coefficient (Wildman–Crippen LogP) is 4.13. The highest BCUT2D eigenvalue weighted by atomic mass is 16.5. The van der Waals surface area contributed by atoms with E-state index in [1.807, 2.05) is 62.4 Å². The predicted molar refractivity (Wildman–Crippen MR) is 88.6 cm³/mol. The van der Waals surface area contributed by atoms with Gasteiger partial charge in [-0.15, -0.1) is 0 Å². The summed E-state index contributed by atoms with van der Waals surface area (Å²) >= 11 is 0. The van der Waals surface area contributed by atoms with E-state index in [1.54, 1.807) is 0 Å². The third kappa shape index (κ3) is 2.55. The van der Waals surface area contributed by atoms with Crippen LogP contribution in [0.15, 0.2) is 48.5 Å². The molecule has 0 radical (unpaired) electrons. The number of aryl methyl sites for hydroxylation is 1. The number of nitrogens with one attached hydrogen (secondary N) is 2. The van der Waals surface area contributed by atoms with E-state index in [4.69, 9.17) is 4.74 Å². The topological polar surface area (TPSA) is 54.1 Å². The fraction of sp³-hybridized carbons (Fsp3) is 0.167. The van der Waals surface area contributed by atoms with Gasteiger partial charge in [-0.05, 0) is 37.6 Å². The number of aromatic amines is 1. The van der Waals surface area contributed by atoms with E-state index in [1.165, 1.54) is 0 Å². The fourth-order valence-corrected chi connectivity index (χ4v) is 2.55. The molecule has 22 heavy (non-hydrogen) atoms. The Balaban J connectivity index is 1.92. The molecular formula is C18H18N2O2. The van der Waals surface area contributed by atoms with Crippen molar-refractivity contribution in [3.05, 3.63) is 59.8 Å². The Hall–Kier alpha value is -2.75. The number of fused-ring (bicyclic) bond motifs is 1. The van der Waals surface area contributed by atoms with Crippen molar-refractivity contribution in [2.75, 3.05) is 11.9 Å². The summed E-state index contributed by atoms with van der Waals surface area (Å²) in [5.74, 6) is 0.507. The van der Waals surface area contributed by atoms with Crippen molar-refractivity contribution in [3.8, 4) is 5.75 Å². The van der Waals surface area contributed by atoms with Gasteiger partial charge in [-0.3, -0.25) is 4.79 Å². The van der Waals surface area contributed by atoms with E-state index in [2.05, 4.69) is 10.3 Å². The number of H-pyrrole nitrogens is 1. The van der Waals surface area contributed by atoms with Crippen LogP contribution in [-0.4, -0.2) is 17.5 Å². The molecule has 0 unspecified atom stereocenters. The van der Waals surface area contributed by atoms with Crippen molar-refractivity contribution in [2.45, 2.75) is 13.8 Å². The van der Waals surface area contributed by atoms with Crippen LogP contribution in [0.2, 0.25) is 0 Å². The van der Waals surface area contributed by atoms with Gasteiger partial charge < -0.3 is 15.0 Å². The highest BCUT2D eigenvalue weighted by molar-refractivity contribution is 6.08. The second kappa shape index (κ2) is 5.93. The molecule has 4 heteroatoms. The van der Waals surface area contributed by atoms with Crippen LogP contribution in [0.3, 0.4) is 0 Å². The van der Waals surface area contributed by atoms with Crippen molar-refractivity contribution in [3.63, 3.8) is 0 Å². The molecule has 2 aromatic carbocycles. The van der Waals surface area contributed by atoms with Gasteiger partial charge in [0.1, 0.15) is 11.4 Å². The first-order chi connectivity index (χ1) is 10.7. The third-order valence-electron chi connectivity index (χ3n) is 3.63. The van der Waals surface area contributed by atoms with Crippen LogP contribution < -0.4 is 10.1 Å². The summed E-state index contributed by atoms with van der Waals surface area (Å²) in [6.07, 6.45) is 0. The van der Waals surface area contributed by atoms with Crippen molar-refractivity contribution < 1.29 is 9.53 Å². The highest BCUT2D eigenvalue weighted by Gasteiger charge is 2.16. The first-order valence-electron chi connectivity index (χ1n) is 7.31. The molecule has 0 fully saturated rings. The zero-order valence-corrected chi connectivity index (χ0v) is 12.6. The van der Waals surface area contributed by atoms with Crippen LogP contribution in [0.25, 0.3) is 10.9 Å². The standard InChI is InChI=1S/C18H18N2O2/c1-3-22-16-11-7-6-10-15(16)20-18(21)17-12(2)13-8-4-5-9-14(13)19-17/h4-11,19H,3H2,1-2H3,(H,20,21). The van der Waals surface area contributed by atoms with Crippen LogP contribution in [0.4, 0.5) is 5.69 Å². The number of hydrogen-bond donors (Lipinski definition) is 2. The Morgan fingerprint density at radius 2 is 1.86 bits per heavy atom. The van der Waals surface area contributed by atoms with Crippen molar-refractivity contribution in [1.82, 2.24) is 4.98 Å². The molecule has 1 heterocycles. The normalized spacial score (nSPS) is 10.6. The van der Waals surface area contributed by atoms with Gasteiger partial charge in [-0.1, -0.05) is 30.3 Å². The number of amides is 1. The maximum Gasteiger partial charge on any atom is 0.272 e. The van der Waals surface area contributed by atoms with Gasteiger partial charge in [-0.2, -0.15) is 0 Å². The monoisotopic (exact) mass is 294 g/mol. The van der Waals surface area contributed by atoms with Gasteiger partial charge in [0.15, 0.2) is 0 Å². The number of ether oxygens (including phenoxy) is 1. The van der Waals surface area contributed by atoms with E-state index in [0.717, 1.165) is 16.5 Å². The summed E-state index contributed by atoms with van der Waals surface area (Å²) in [4.78, 5) is 15.7. The molecule has 4 nitrogen and oxygen atoms in total. The number of aromatic nitrogens is 1. The minimum atomic E-state index is -0.166. The first-order valence-corrected chi connectivity index (χ1v) is 7.31. The fourth-order valence-electron chi connectivity index (χ4n) is 2.55. The number of rotatable bonds is 4. The van der Waals surface area contributed by atoms with Crippen LogP contribution in [0, 0.1) is 6.92 Å². The molecule has 0 saturated carbocycles. The number of para-hydroxylation sites is 3. The number of carbonyl (C=O) groups is 1. The first kappa shape index (κ1) is 14.2. The zero-order valence-electron chi connectivity index (χ0n) is 12.6. The molecule has 2 N–H and O–H groups in total. The average molecular weight is 294 g/mol. The summed E-state index contributed by atoms with van der Waals surface area (Å²) in [5, 5.41) is 3.98. The van der Waals surface area contributed by atoms with Crippen LogP contribution in [0.1, 0.15) is 23.0 Å². The minimum absolute atomic E-state index is 0.166. The van der Waals surface area contributed by atoms with E-state index in [0.29, 0.717) is 23.7 Å². The summed E-state index contributed by atoms with van der Waals surface area (Å²) in [6, 6.07) is 15.3. The van der Waals surface area contributed by atoms with Gasteiger partial charge in [0, 0.05) is 10.9 Å². The van der Waals surface area contributed by atoms with E-state index >= 15 is 0 Å². The Kier molecular flexibility index (Phi) is 3.83. The van der Waals surface area contributed by atoms with E-state index in [-0.39, 0.29) is 5.91 Å². The summed E-state index contributed by atoms with van der Waals surface area (Å²) < 4.78 is 5.54. The summed E-state index contributed by atoms with van der Waals surface area (Å²) in [6.45, 7) is 4.42. The molecule has 0 atom stereocenters. The Morgan fingerprint density at radius 1 is 1.14 bits per heavy atom. The molecule has 1 aromatic heterocycles. The lowest BCUT2D eigenvalue weighted by atomic mass is 10.1. The molecule has 0 aliphatic heterocycles. The van der Waals surface area contributed by atoms with Crippen molar-refractivity contribution >= 4 is 22.5 Å². The molecule has 0 aliphatic rings. The SMILES string of the molecule is CCOc1ccccc1NC(=O)c1[nH]c2ccccc2c1C. The lowest BCUT2D eigenvalue weighted by Gasteiger charge is -2.11. The second-order valence-corrected chi connectivity index (χ2v) is 5.05. The molecule has 3 aromatic rings. The van der Waals surface area contributed by atoms with Gasteiger partial charge in [0.2, 0.25) is 0 Å². The van der Waals surface area contributed by atoms with Crippen LogP contribution >= 0.6 is 0 Å². The number of hydrogen-bond acceptors (Lipinski definition) is 2. The molecule has 0 spiro atoms. The Morgan fingerprint density at radius 3 is 2.64 bits per heavy atom. The number of anilines is 1. The molecule has 0 bridgehead atoms. The molecule has 0 aliphatic carbocycles.